The van der Waals surface area contributed by atoms with E-state index in [4.69, 9.17) is 0 Å². The normalized spacial score (nSPS) is 24.2. The first-order valence-corrected chi connectivity index (χ1v) is 6.24. The van der Waals surface area contributed by atoms with E-state index in [0.29, 0.717) is 0 Å². The molecule has 0 heterocycles. The third-order valence-corrected chi connectivity index (χ3v) is 4.05. The quantitative estimate of drug-likeness (QED) is 0.594. The summed E-state index contributed by atoms with van der Waals surface area (Å²) in [6, 6.07) is 0. The average molecular weight is 182 g/mol. The van der Waals surface area contributed by atoms with Crippen molar-refractivity contribution in [3.8, 4) is 0 Å². The molecule has 0 spiro atoms. The second kappa shape index (κ2) is 5.67. The predicted molar refractivity (Wildman–Crippen MR) is 59.8 cm³/mol. The van der Waals surface area contributed by atoms with Gasteiger partial charge < -0.3 is 0 Å². The first kappa shape index (κ1) is 11.1. The highest BCUT2D eigenvalue weighted by Crippen LogP contribution is 2.31. The van der Waals surface area contributed by atoms with Crippen LogP contribution in [-0.4, -0.2) is 0 Å². The molecule has 0 bridgehead atoms. The minimum absolute atomic E-state index is 0.932. The Morgan fingerprint density at radius 2 is 1.62 bits per heavy atom. The third-order valence-electron chi connectivity index (χ3n) is 4.05. The molecule has 0 aromatic heterocycles. The van der Waals surface area contributed by atoms with Crippen LogP contribution in [0.5, 0.6) is 0 Å². The van der Waals surface area contributed by atoms with Gasteiger partial charge in [-0.2, -0.15) is 0 Å². The van der Waals surface area contributed by atoms with Gasteiger partial charge in [0.1, 0.15) is 0 Å². The van der Waals surface area contributed by atoms with Gasteiger partial charge in [-0.05, 0) is 24.2 Å². The van der Waals surface area contributed by atoms with Crippen LogP contribution in [0.3, 0.4) is 0 Å². The van der Waals surface area contributed by atoms with Crippen LogP contribution in [0.4, 0.5) is 0 Å². The van der Waals surface area contributed by atoms with Gasteiger partial charge in [-0.15, -0.1) is 0 Å². The molecule has 1 aliphatic carbocycles. The van der Waals surface area contributed by atoms with Gasteiger partial charge in [0.2, 0.25) is 0 Å². The van der Waals surface area contributed by atoms with E-state index >= 15 is 0 Å². The zero-order valence-corrected chi connectivity index (χ0v) is 9.68. The van der Waals surface area contributed by atoms with E-state index < -0.39 is 0 Å². The maximum atomic E-state index is 2.45. The SMILES string of the molecule is CCC(C)C(C)CC1CCCCC1. The van der Waals surface area contributed by atoms with Gasteiger partial charge in [-0.3, -0.25) is 0 Å². The molecule has 0 saturated heterocycles. The van der Waals surface area contributed by atoms with Crippen molar-refractivity contribution >= 4 is 0 Å². The third kappa shape index (κ3) is 3.70. The van der Waals surface area contributed by atoms with E-state index in [9.17, 15) is 0 Å². The van der Waals surface area contributed by atoms with Crippen molar-refractivity contribution in [3.05, 3.63) is 0 Å². The molecule has 1 fully saturated rings. The molecule has 1 saturated carbocycles. The molecule has 0 N–H and O–H groups in total. The van der Waals surface area contributed by atoms with Crippen molar-refractivity contribution in [2.45, 2.75) is 65.7 Å². The monoisotopic (exact) mass is 182 g/mol. The fraction of sp³-hybridized carbons (Fsp3) is 1.00. The lowest BCUT2D eigenvalue weighted by atomic mass is 9.79. The maximum absolute atomic E-state index is 2.45. The Morgan fingerprint density at radius 3 is 2.15 bits per heavy atom. The molecule has 0 amide bonds. The minimum Gasteiger partial charge on any atom is -0.0651 e. The average Bonchev–Trinajstić information content (AvgIpc) is 2.18. The van der Waals surface area contributed by atoms with Gasteiger partial charge in [0.15, 0.2) is 0 Å². The van der Waals surface area contributed by atoms with Crippen LogP contribution in [0.15, 0.2) is 0 Å². The van der Waals surface area contributed by atoms with E-state index in [1.54, 1.807) is 0 Å². The summed E-state index contributed by atoms with van der Waals surface area (Å²) < 4.78 is 0. The number of rotatable bonds is 4. The molecule has 0 aromatic rings. The smallest absolute Gasteiger partial charge is 0.0412 e. The summed E-state index contributed by atoms with van der Waals surface area (Å²) in [5.74, 6) is 2.95. The van der Waals surface area contributed by atoms with Crippen LogP contribution < -0.4 is 0 Å². The Morgan fingerprint density at radius 1 is 1.00 bits per heavy atom. The summed E-state index contributed by atoms with van der Waals surface area (Å²) in [4.78, 5) is 0. The lowest BCUT2D eigenvalue weighted by Gasteiger charge is -2.27. The van der Waals surface area contributed by atoms with Gasteiger partial charge in [0.25, 0.3) is 0 Å². The molecule has 13 heavy (non-hydrogen) atoms. The molecular formula is C13H26. The Bertz CT molecular complexity index is 122. The second-order valence-corrected chi connectivity index (χ2v) is 5.10. The van der Waals surface area contributed by atoms with Crippen molar-refractivity contribution in [1.82, 2.24) is 0 Å². The van der Waals surface area contributed by atoms with Crippen molar-refractivity contribution in [2.24, 2.45) is 17.8 Å². The van der Waals surface area contributed by atoms with E-state index in [-0.39, 0.29) is 0 Å². The molecule has 0 aliphatic heterocycles. The molecule has 0 radical (unpaired) electrons. The van der Waals surface area contributed by atoms with E-state index in [1.807, 2.05) is 0 Å². The van der Waals surface area contributed by atoms with Gasteiger partial charge in [-0.1, -0.05) is 59.3 Å². The Hall–Kier alpha value is 0. The highest BCUT2D eigenvalue weighted by Gasteiger charge is 2.18. The molecule has 2 atom stereocenters. The van der Waals surface area contributed by atoms with Crippen molar-refractivity contribution in [2.75, 3.05) is 0 Å². The predicted octanol–water partition coefficient (Wildman–Crippen LogP) is 4.64. The van der Waals surface area contributed by atoms with E-state index in [2.05, 4.69) is 20.8 Å². The summed E-state index contributed by atoms with van der Waals surface area (Å²) in [6.07, 6.45) is 10.4. The molecule has 0 nitrogen and oxygen atoms in total. The Balaban J connectivity index is 2.21. The first-order chi connectivity index (χ1) is 6.24. The van der Waals surface area contributed by atoms with Gasteiger partial charge in [0, 0.05) is 0 Å². The van der Waals surface area contributed by atoms with Gasteiger partial charge >= 0.3 is 0 Å². The lowest BCUT2D eigenvalue weighted by Crippen LogP contribution is -2.15. The van der Waals surface area contributed by atoms with Crippen molar-refractivity contribution < 1.29 is 0 Å². The van der Waals surface area contributed by atoms with Gasteiger partial charge in [-0.25, -0.2) is 0 Å². The molecule has 0 aromatic carbocycles. The standard InChI is InChI=1S/C13H26/c1-4-11(2)12(3)10-13-8-6-5-7-9-13/h11-13H,4-10H2,1-3H3. The van der Waals surface area contributed by atoms with Crippen molar-refractivity contribution in [1.29, 1.82) is 0 Å². The highest BCUT2D eigenvalue weighted by atomic mass is 14.2. The summed E-state index contributed by atoms with van der Waals surface area (Å²) >= 11 is 0. The second-order valence-electron chi connectivity index (χ2n) is 5.10. The number of hydrogen-bond donors (Lipinski definition) is 0. The molecule has 2 unspecified atom stereocenters. The van der Waals surface area contributed by atoms with Crippen LogP contribution in [0.25, 0.3) is 0 Å². The fourth-order valence-electron chi connectivity index (χ4n) is 2.58. The highest BCUT2D eigenvalue weighted by molar-refractivity contribution is 4.70. The summed E-state index contributed by atoms with van der Waals surface area (Å²) in [5, 5.41) is 0. The van der Waals surface area contributed by atoms with Crippen LogP contribution >= 0.6 is 0 Å². The Kier molecular flexibility index (Phi) is 4.83. The van der Waals surface area contributed by atoms with E-state index in [1.165, 1.54) is 44.9 Å². The minimum atomic E-state index is 0.932. The Labute approximate surface area is 84.1 Å². The van der Waals surface area contributed by atoms with Crippen LogP contribution in [-0.2, 0) is 0 Å². The summed E-state index contributed by atoms with van der Waals surface area (Å²) in [6.45, 7) is 7.18. The van der Waals surface area contributed by atoms with Gasteiger partial charge in [0.05, 0.1) is 0 Å². The lowest BCUT2D eigenvalue weighted by molar-refractivity contribution is 0.249. The molecule has 78 valence electrons. The molecular weight excluding hydrogens is 156 g/mol. The first-order valence-electron chi connectivity index (χ1n) is 6.24. The van der Waals surface area contributed by atoms with Crippen LogP contribution in [0.1, 0.15) is 65.7 Å². The zero-order valence-electron chi connectivity index (χ0n) is 9.68. The maximum Gasteiger partial charge on any atom is -0.0412 e. The van der Waals surface area contributed by atoms with Crippen LogP contribution in [0, 0.1) is 17.8 Å². The summed E-state index contributed by atoms with van der Waals surface area (Å²) in [5.41, 5.74) is 0. The molecule has 1 rings (SSSR count). The summed E-state index contributed by atoms with van der Waals surface area (Å²) in [7, 11) is 0. The zero-order chi connectivity index (χ0) is 9.68. The van der Waals surface area contributed by atoms with Crippen LogP contribution in [0.2, 0.25) is 0 Å². The van der Waals surface area contributed by atoms with Crippen molar-refractivity contribution in [3.63, 3.8) is 0 Å². The van der Waals surface area contributed by atoms with E-state index in [0.717, 1.165) is 17.8 Å². The largest absolute Gasteiger partial charge is 0.0651 e. The fourth-order valence-corrected chi connectivity index (χ4v) is 2.58. The number of hydrogen-bond acceptors (Lipinski definition) is 0. The topological polar surface area (TPSA) is 0 Å². The molecule has 0 heteroatoms. The molecule has 1 aliphatic rings.